The van der Waals surface area contributed by atoms with E-state index in [1.165, 1.54) is 0 Å². The Hall–Kier alpha value is -2.98. The first-order valence-electron chi connectivity index (χ1n) is 10.7. The van der Waals surface area contributed by atoms with Crippen molar-refractivity contribution >= 4 is 27.8 Å². The number of benzene rings is 1. The molecule has 1 amide bonds. The summed E-state index contributed by atoms with van der Waals surface area (Å²) in [6, 6.07) is 8.07. The molecule has 30 heavy (non-hydrogen) atoms. The molecular formula is C23H25N5O2. The van der Waals surface area contributed by atoms with Gasteiger partial charge in [0.15, 0.2) is 0 Å². The Morgan fingerprint density at radius 1 is 1.30 bits per heavy atom. The average molecular weight is 403 g/mol. The molecule has 3 aromatic rings. The highest BCUT2D eigenvalue weighted by atomic mass is 16.5. The van der Waals surface area contributed by atoms with E-state index in [1.807, 2.05) is 23.2 Å². The number of carbonyl (C=O) groups excluding carboxylic acids is 1. The first-order valence-corrected chi connectivity index (χ1v) is 10.7. The van der Waals surface area contributed by atoms with Crippen LogP contribution in [-0.4, -0.2) is 44.6 Å². The van der Waals surface area contributed by atoms with Crippen LogP contribution in [0, 0.1) is 11.3 Å². The largest absolute Gasteiger partial charge is 0.378 e. The third-order valence-corrected chi connectivity index (χ3v) is 6.29. The van der Waals surface area contributed by atoms with Crippen molar-refractivity contribution in [2.24, 2.45) is 0 Å². The van der Waals surface area contributed by atoms with Gasteiger partial charge in [-0.1, -0.05) is 0 Å². The van der Waals surface area contributed by atoms with Crippen LogP contribution in [0.2, 0.25) is 0 Å². The lowest BCUT2D eigenvalue weighted by Gasteiger charge is -2.32. The van der Waals surface area contributed by atoms with E-state index in [1.54, 1.807) is 6.07 Å². The van der Waals surface area contributed by atoms with Gasteiger partial charge in [0.05, 0.1) is 41.5 Å². The molecule has 2 aromatic heterocycles. The number of rotatable bonds is 3. The van der Waals surface area contributed by atoms with Crippen LogP contribution in [0.1, 0.15) is 56.5 Å². The van der Waals surface area contributed by atoms with E-state index >= 15 is 0 Å². The van der Waals surface area contributed by atoms with Crippen LogP contribution in [0.25, 0.3) is 21.9 Å². The normalized spacial score (nSPS) is 22.5. The Bertz CT molecular complexity index is 1160. The maximum Gasteiger partial charge on any atom is 0.222 e. The number of amides is 1. The SMILES string of the molecule is C[C@@H]1CC(n2c(CN3CCCCC3=O)nc3cnc4ccc(C#N)cc4c32)CCO1. The Morgan fingerprint density at radius 3 is 3.00 bits per heavy atom. The van der Waals surface area contributed by atoms with Crippen molar-refractivity contribution in [1.82, 2.24) is 19.4 Å². The lowest BCUT2D eigenvalue weighted by atomic mass is 10.0. The number of nitriles is 1. The van der Waals surface area contributed by atoms with Gasteiger partial charge >= 0.3 is 0 Å². The number of pyridine rings is 1. The molecule has 2 fully saturated rings. The lowest BCUT2D eigenvalue weighted by molar-refractivity contribution is -0.134. The van der Waals surface area contributed by atoms with Crippen LogP contribution >= 0.6 is 0 Å². The van der Waals surface area contributed by atoms with Crippen LogP contribution in [0.4, 0.5) is 0 Å². The van der Waals surface area contributed by atoms with E-state index in [0.29, 0.717) is 25.1 Å². The van der Waals surface area contributed by atoms with Crippen molar-refractivity contribution in [3.63, 3.8) is 0 Å². The van der Waals surface area contributed by atoms with Gasteiger partial charge in [0.1, 0.15) is 11.3 Å². The highest BCUT2D eigenvalue weighted by Crippen LogP contribution is 2.34. The first kappa shape index (κ1) is 19.0. The number of fused-ring (bicyclic) bond motifs is 3. The van der Waals surface area contributed by atoms with Crippen molar-refractivity contribution in [2.45, 2.75) is 57.7 Å². The molecule has 0 saturated carbocycles. The van der Waals surface area contributed by atoms with E-state index in [2.05, 4.69) is 22.5 Å². The van der Waals surface area contributed by atoms with Crippen LogP contribution < -0.4 is 0 Å². The third-order valence-electron chi connectivity index (χ3n) is 6.29. The quantitative estimate of drug-likeness (QED) is 0.666. The molecule has 0 bridgehead atoms. The number of piperidine rings is 1. The molecule has 154 valence electrons. The average Bonchev–Trinajstić information content (AvgIpc) is 3.13. The van der Waals surface area contributed by atoms with E-state index < -0.39 is 0 Å². The van der Waals surface area contributed by atoms with Crippen LogP contribution in [-0.2, 0) is 16.1 Å². The summed E-state index contributed by atoms with van der Waals surface area (Å²) in [4.78, 5) is 23.9. The van der Waals surface area contributed by atoms with E-state index in [9.17, 15) is 10.1 Å². The molecule has 0 N–H and O–H groups in total. The minimum Gasteiger partial charge on any atom is -0.378 e. The van der Waals surface area contributed by atoms with Crippen molar-refractivity contribution in [3.05, 3.63) is 35.8 Å². The summed E-state index contributed by atoms with van der Waals surface area (Å²) in [5.74, 6) is 1.10. The molecule has 4 heterocycles. The molecular weight excluding hydrogens is 378 g/mol. The maximum absolute atomic E-state index is 12.5. The standard InChI is InChI=1S/C23H25N5O2/c1-15-10-17(7-9-30-15)28-21(14-27-8-3-2-4-22(27)29)26-20-13-25-19-6-5-16(12-24)11-18(19)23(20)28/h5-6,11,13,15,17H,2-4,7-10,14H2,1H3/t15-,17?/m1/s1. The highest BCUT2D eigenvalue weighted by Gasteiger charge is 2.28. The summed E-state index contributed by atoms with van der Waals surface area (Å²) in [5.41, 5.74) is 3.29. The minimum absolute atomic E-state index is 0.174. The molecule has 2 aliphatic rings. The fourth-order valence-electron chi connectivity index (χ4n) is 4.81. The van der Waals surface area contributed by atoms with Crippen molar-refractivity contribution in [1.29, 1.82) is 5.26 Å². The zero-order valence-corrected chi connectivity index (χ0v) is 17.2. The Balaban J connectivity index is 1.70. The number of likely N-dealkylation sites (tertiary alicyclic amines) is 1. The molecule has 0 aliphatic carbocycles. The molecule has 2 saturated heterocycles. The van der Waals surface area contributed by atoms with Gasteiger partial charge in [0.2, 0.25) is 5.91 Å². The van der Waals surface area contributed by atoms with Gasteiger partial charge in [-0.2, -0.15) is 5.26 Å². The number of nitrogens with zero attached hydrogens (tertiary/aromatic N) is 5. The fraction of sp³-hybridized carbons (Fsp3) is 0.478. The number of hydrogen-bond donors (Lipinski definition) is 0. The summed E-state index contributed by atoms with van der Waals surface area (Å²) < 4.78 is 8.10. The van der Waals surface area contributed by atoms with Gasteiger partial charge in [-0.25, -0.2) is 4.98 Å². The van der Waals surface area contributed by atoms with E-state index in [0.717, 1.165) is 60.0 Å². The van der Waals surface area contributed by atoms with Gasteiger partial charge in [0, 0.05) is 31.0 Å². The molecule has 1 unspecified atom stereocenters. The molecule has 2 aliphatic heterocycles. The summed E-state index contributed by atoms with van der Waals surface area (Å²) in [6.07, 6.45) is 6.40. The van der Waals surface area contributed by atoms with Crippen LogP contribution in [0.5, 0.6) is 0 Å². The number of hydrogen-bond acceptors (Lipinski definition) is 5. The minimum atomic E-state index is 0.174. The molecule has 1 aromatic carbocycles. The predicted molar refractivity (Wildman–Crippen MR) is 113 cm³/mol. The van der Waals surface area contributed by atoms with Crippen molar-refractivity contribution < 1.29 is 9.53 Å². The summed E-state index contributed by atoms with van der Waals surface area (Å²) in [6.45, 7) is 4.11. The van der Waals surface area contributed by atoms with Gasteiger partial charge in [-0.15, -0.1) is 0 Å². The number of carbonyl (C=O) groups is 1. The maximum atomic E-state index is 12.5. The Morgan fingerprint density at radius 2 is 2.20 bits per heavy atom. The number of ether oxygens (including phenoxy) is 1. The second-order valence-electron chi connectivity index (χ2n) is 8.37. The van der Waals surface area contributed by atoms with Gasteiger partial charge < -0.3 is 14.2 Å². The summed E-state index contributed by atoms with van der Waals surface area (Å²) >= 11 is 0. The van der Waals surface area contributed by atoms with Gasteiger partial charge in [-0.3, -0.25) is 9.78 Å². The summed E-state index contributed by atoms with van der Waals surface area (Å²) in [7, 11) is 0. The van der Waals surface area contributed by atoms with Crippen LogP contribution in [0.3, 0.4) is 0 Å². The summed E-state index contributed by atoms with van der Waals surface area (Å²) in [5, 5.41) is 10.4. The molecule has 0 radical (unpaired) electrons. The second-order valence-corrected chi connectivity index (χ2v) is 8.37. The molecule has 2 atom stereocenters. The van der Waals surface area contributed by atoms with Crippen molar-refractivity contribution in [2.75, 3.05) is 13.2 Å². The number of aromatic nitrogens is 3. The molecule has 5 rings (SSSR count). The van der Waals surface area contributed by atoms with Gasteiger partial charge in [0.25, 0.3) is 0 Å². The second kappa shape index (κ2) is 7.69. The van der Waals surface area contributed by atoms with Gasteiger partial charge in [-0.05, 0) is 50.8 Å². The highest BCUT2D eigenvalue weighted by molar-refractivity contribution is 6.03. The number of imidazole rings is 1. The topological polar surface area (TPSA) is 84.0 Å². The lowest BCUT2D eigenvalue weighted by Crippen LogP contribution is -2.36. The zero-order chi connectivity index (χ0) is 20.7. The Kier molecular flexibility index (Phi) is 4.87. The molecule has 7 nitrogen and oxygen atoms in total. The fourth-order valence-corrected chi connectivity index (χ4v) is 4.81. The van der Waals surface area contributed by atoms with Crippen molar-refractivity contribution in [3.8, 4) is 6.07 Å². The molecule has 7 heteroatoms. The molecule has 0 spiro atoms. The smallest absolute Gasteiger partial charge is 0.222 e. The third kappa shape index (κ3) is 3.31. The van der Waals surface area contributed by atoms with Crippen LogP contribution in [0.15, 0.2) is 24.4 Å². The van der Waals surface area contributed by atoms with E-state index in [-0.39, 0.29) is 18.1 Å². The monoisotopic (exact) mass is 403 g/mol. The first-order chi connectivity index (χ1) is 14.6. The zero-order valence-electron chi connectivity index (χ0n) is 17.2. The Labute approximate surface area is 175 Å². The predicted octanol–water partition coefficient (Wildman–Crippen LogP) is 3.71. The van der Waals surface area contributed by atoms with E-state index in [4.69, 9.17) is 9.72 Å².